The highest BCUT2D eigenvalue weighted by atomic mass is 35.5. The molecule has 1 atom stereocenters. The summed E-state index contributed by atoms with van der Waals surface area (Å²) in [6, 6.07) is 12.8. The van der Waals surface area contributed by atoms with Gasteiger partial charge in [0.15, 0.2) is 6.04 Å². The Hall–Kier alpha value is -2.20. The number of anilines is 1. The van der Waals surface area contributed by atoms with Gasteiger partial charge in [-0.2, -0.15) is 0 Å². The molecule has 2 aromatic rings. The molecular weight excluding hydrogens is 278 g/mol. The summed E-state index contributed by atoms with van der Waals surface area (Å²) >= 11 is 5.92. The molecule has 4 nitrogen and oxygen atoms in total. The number of carbonyl (C=O) groups is 1. The van der Waals surface area contributed by atoms with Gasteiger partial charge in [-0.25, -0.2) is 4.79 Å². The minimum atomic E-state index is -0.668. The van der Waals surface area contributed by atoms with E-state index in [4.69, 9.17) is 16.3 Å². The number of esters is 1. The lowest BCUT2D eigenvalue weighted by atomic mass is 10.1. The predicted octanol–water partition coefficient (Wildman–Crippen LogP) is 3.37. The zero-order chi connectivity index (χ0) is 14.5. The van der Waals surface area contributed by atoms with E-state index in [1.165, 1.54) is 19.2 Å². The number of carbonyl (C=O) groups excluding carboxylic acids is 1. The molecule has 0 fully saturated rings. The normalized spacial score (nSPS) is 11.7. The SMILES string of the molecule is COC(=O)C(Nc1cccc(Cl)c1)c1ccc(O)cc1. The van der Waals surface area contributed by atoms with Crippen LogP contribution in [0.1, 0.15) is 11.6 Å². The Morgan fingerprint density at radius 2 is 1.95 bits per heavy atom. The zero-order valence-electron chi connectivity index (χ0n) is 10.8. The summed E-state index contributed by atoms with van der Waals surface area (Å²) in [6.45, 7) is 0. The Balaban J connectivity index is 2.28. The molecule has 20 heavy (non-hydrogen) atoms. The molecule has 0 saturated heterocycles. The van der Waals surface area contributed by atoms with Gasteiger partial charge < -0.3 is 15.2 Å². The summed E-state index contributed by atoms with van der Waals surface area (Å²) in [5.41, 5.74) is 1.40. The maximum atomic E-state index is 11.9. The van der Waals surface area contributed by atoms with Crippen molar-refractivity contribution in [2.24, 2.45) is 0 Å². The van der Waals surface area contributed by atoms with Gasteiger partial charge in [-0.15, -0.1) is 0 Å². The Morgan fingerprint density at radius 1 is 1.25 bits per heavy atom. The maximum Gasteiger partial charge on any atom is 0.332 e. The Labute approximate surface area is 122 Å². The van der Waals surface area contributed by atoms with Crippen LogP contribution in [0.25, 0.3) is 0 Å². The number of nitrogens with one attached hydrogen (secondary N) is 1. The van der Waals surface area contributed by atoms with Gasteiger partial charge in [0.1, 0.15) is 5.75 Å². The van der Waals surface area contributed by atoms with Gasteiger partial charge in [0, 0.05) is 10.7 Å². The van der Waals surface area contributed by atoms with Crippen LogP contribution in [0.3, 0.4) is 0 Å². The Bertz CT molecular complexity index is 598. The lowest BCUT2D eigenvalue weighted by Crippen LogP contribution is -2.22. The van der Waals surface area contributed by atoms with Crippen molar-refractivity contribution in [3.05, 3.63) is 59.1 Å². The van der Waals surface area contributed by atoms with Crippen LogP contribution in [0.5, 0.6) is 5.75 Å². The number of hydrogen-bond acceptors (Lipinski definition) is 4. The fourth-order valence-corrected chi connectivity index (χ4v) is 2.00. The van der Waals surface area contributed by atoms with Crippen LogP contribution in [0.2, 0.25) is 5.02 Å². The average molecular weight is 292 g/mol. The van der Waals surface area contributed by atoms with Crippen molar-refractivity contribution < 1.29 is 14.6 Å². The second-order valence-electron chi connectivity index (χ2n) is 4.20. The number of ether oxygens (including phenoxy) is 1. The van der Waals surface area contributed by atoms with Crippen LogP contribution in [-0.4, -0.2) is 18.2 Å². The minimum Gasteiger partial charge on any atom is -0.508 e. The molecule has 0 spiro atoms. The van der Waals surface area contributed by atoms with E-state index < -0.39 is 12.0 Å². The highest BCUT2D eigenvalue weighted by Crippen LogP contribution is 2.24. The lowest BCUT2D eigenvalue weighted by Gasteiger charge is -2.18. The molecular formula is C15H14ClNO3. The molecule has 2 rings (SSSR count). The molecule has 2 aromatic carbocycles. The summed E-state index contributed by atoms with van der Waals surface area (Å²) in [7, 11) is 1.33. The number of hydrogen-bond donors (Lipinski definition) is 2. The van der Waals surface area contributed by atoms with E-state index >= 15 is 0 Å². The van der Waals surface area contributed by atoms with Crippen LogP contribution < -0.4 is 5.32 Å². The van der Waals surface area contributed by atoms with Crippen LogP contribution in [0.4, 0.5) is 5.69 Å². The molecule has 1 unspecified atom stereocenters. The number of phenols is 1. The van der Waals surface area contributed by atoms with Crippen molar-refractivity contribution in [3.63, 3.8) is 0 Å². The van der Waals surface area contributed by atoms with E-state index in [0.717, 1.165) is 0 Å². The highest BCUT2D eigenvalue weighted by Gasteiger charge is 2.21. The molecule has 5 heteroatoms. The van der Waals surface area contributed by atoms with Gasteiger partial charge in [-0.05, 0) is 35.9 Å². The standard InChI is InChI=1S/C15H14ClNO3/c1-20-15(19)14(10-5-7-13(18)8-6-10)17-12-4-2-3-11(16)9-12/h2-9,14,17-18H,1H3. The smallest absolute Gasteiger partial charge is 0.332 e. The second-order valence-corrected chi connectivity index (χ2v) is 4.64. The quantitative estimate of drug-likeness (QED) is 0.848. The molecule has 0 aliphatic heterocycles. The molecule has 104 valence electrons. The molecule has 0 radical (unpaired) electrons. The van der Waals surface area contributed by atoms with Crippen molar-refractivity contribution in [2.45, 2.75) is 6.04 Å². The van der Waals surface area contributed by atoms with Crippen molar-refractivity contribution in [2.75, 3.05) is 12.4 Å². The number of rotatable bonds is 4. The van der Waals surface area contributed by atoms with E-state index in [2.05, 4.69) is 5.32 Å². The average Bonchev–Trinajstić information content (AvgIpc) is 2.45. The first-order valence-corrected chi connectivity index (χ1v) is 6.37. The molecule has 0 aliphatic carbocycles. The van der Waals surface area contributed by atoms with Crippen LogP contribution in [-0.2, 0) is 9.53 Å². The van der Waals surface area contributed by atoms with Gasteiger partial charge in [0.25, 0.3) is 0 Å². The van der Waals surface area contributed by atoms with E-state index in [0.29, 0.717) is 16.3 Å². The third-order valence-electron chi connectivity index (χ3n) is 2.80. The third-order valence-corrected chi connectivity index (χ3v) is 3.03. The maximum absolute atomic E-state index is 11.9. The largest absolute Gasteiger partial charge is 0.508 e. The summed E-state index contributed by atoms with van der Waals surface area (Å²) in [4.78, 5) is 11.9. The molecule has 0 aromatic heterocycles. The van der Waals surface area contributed by atoms with E-state index in [1.807, 2.05) is 6.07 Å². The third kappa shape index (κ3) is 3.42. The van der Waals surface area contributed by atoms with E-state index in [-0.39, 0.29) is 5.75 Å². The number of phenolic OH excluding ortho intramolecular Hbond substituents is 1. The highest BCUT2D eigenvalue weighted by molar-refractivity contribution is 6.30. The summed E-state index contributed by atoms with van der Waals surface area (Å²) in [6.07, 6.45) is 0. The predicted molar refractivity (Wildman–Crippen MR) is 77.9 cm³/mol. The number of benzene rings is 2. The van der Waals surface area contributed by atoms with Crippen LogP contribution in [0.15, 0.2) is 48.5 Å². The molecule has 0 amide bonds. The molecule has 0 bridgehead atoms. The summed E-state index contributed by atoms with van der Waals surface area (Å²) in [5, 5.41) is 12.9. The van der Waals surface area contributed by atoms with Crippen LogP contribution in [0, 0.1) is 0 Å². The van der Waals surface area contributed by atoms with Crippen molar-refractivity contribution in [3.8, 4) is 5.75 Å². The van der Waals surface area contributed by atoms with Gasteiger partial charge in [0.05, 0.1) is 7.11 Å². The van der Waals surface area contributed by atoms with Crippen LogP contribution >= 0.6 is 11.6 Å². The van der Waals surface area contributed by atoms with E-state index in [9.17, 15) is 9.90 Å². The Kier molecular flexibility index (Phi) is 4.48. The number of aromatic hydroxyl groups is 1. The van der Waals surface area contributed by atoms with Gasteiger partial charge in [-0.1, -0.05) is 29.8 Å². The van der Waals surface area contributed by atoms with Crippen molar-refractivity contribution in [1.82, 2.24) is 0 Å². The second kappa shape index (κ2) is 6.30. The fraction of sp³-hybridized carbons (Fsp3) is 0.133. The lowest BCUT2D eigenvalue weighted by molar-refractivity contribution is -0.141. The first-order chi connectivity index (χ1) is 9.60. The molecule has 0 aliphatic rings. The fourth-order valence-electron chi connectivity index (χ4n) is 1.81. The summed E-state index contributed by atoms with van der Waals surface area (Å²) in [5.74, 6) is -0.282. The Morgan fingerprint density at radius 3 is 2.55 bits per heavy atom. The topological polar surface area (TPSA) is 58.6 Å². The molecule has 0 saturated carbocycles. The molecule has 2 N–H and O–H groups in total. The van der Waals surface area contributed by atoms with Gasteiger partial charge >= 0.3 is 5.97 Å². The van der Waals surface area contributed by atoms with Gasteiger partial charge in [-0.3, -0.25) is 0 Å². The van der Waals surface area contributed by atoms with Gasteiger partial charge in [0.2, 0.25) is 0 Å². The first kappa shape index (κ1) is 14.2. The summed E-state index contributed by atoms with van der Waals surface area (Å²) < 4.78 is 4.80. The van der Waals surface area contributed by atoms with E-state index in [1.54, 1.807) is 30.3 Å². The monoisotopic (exact) mass is 291 g/mol. The molecule has 0 heterocycles. The first-order valence-electron chi connectivity index (χ1n) is 5.99. The zero-order valence-corrected chi connectivity index (χ0v) is 11.6. The van der Waals surface area contributed by atoms with Crippen molar-refractivity contribution >= 4 is 23.3 Å². The van der Waals surface area contributed by atoms with Crippen molar-refractivity contribution in [1.29, 1.82) is 0 Å². The number of methoxy groups -OCH3 is 1. The minimum absolute atomic E-state index is 0.139. The number of halogens is 1.